The summed E-state index contributed by atoms with van der Waals surface area (Å²) < 4.78 is 10.8. The van der Waals surface area contributed by atoms with Gasteiger partial charge in [-0.3, -0.25) is 4.79 Å². The molecular formula is C25H24Cl3N3O4S. The Morgan fingerprint density at radius 2 is 1.67 bits per heavy atom. The van der Waals surface area contributed by atoms with Crippen LogP contribution in [0.2, 0.25) is 0 Å². The number of halogens is 3. The normalized spacial score (nSPS) is 22.2. The Morgan fingerprint density at radius 3 is 2.28 bits per heavy atom. The summed E-state index contributed by atoms with van der Waals surface area (Å²) in [6.45, 7) is 2.07. The maximum atomic E-state index is 11.9. The van der Waals surface area contributed by atoms with E-state index in [1.54, 1.807) is 42.7 Å². The quantitative estimate of drug-likeness (QED) is 0.209. The van der Waals surface area contributed by atoms with Crippen molar-refractivity contribution >= 4 is 58.2 Å². The van der Waals surface area contributed by atoms with Gasteiger partial charge in [-0.15, -0.1) is 0 Å². The number of aliphatic hydroxyl groups is 1. The first-order chi connectivity index (χ1) is 17.2. The van der Waals surface area contributed by atoms with Gasteiger partial charge >= 0.3 is 0 Å². The van der Waals surface area contributed by atoms with Crippen LogP contribution in [0.15, 0.2) is 72.1 Å². The van der Waals surface area contributed by atoms with Gasteiger partial charge in [0.15, 0.2) is 11.4 Å². The van der Waals surface area contributed by atoms with Crippen LogP contribution in [-0.4, -0.2) is 36.6 Å². The first-order valence-electron chi connectivity index (χ1n) is 11.1. The first-order valence-corrected chi connectivity index (χ1v) is 13.2. The molecular weight excluding hydrogens is 545 g/mol. The smallest absolute Gasteiger partial charge is 0.276 e. The molecule has 190 valence electrons. The zero-order valence-electron chi connectivity index (χ0n) is 19.2. The molecule has 1 fully saturated rings. The number of nitrogens with zero attached hydrogens (tertiary/aromatic N) is 2. The van der Waals surface area contributed by atoms with E-state index in [1.807, 2.05) is 24.3 Å². The maximum absolute atomic E-state index is 11.9. The molecule has 0 radical (unpaired) electrons. The highest BCUT2D eigenvalue weighted by atomic mass is 35.6. The summed E-state index contributed by atoms with van der Waals surface area (Å²) >= 11 is 18.4. The van der Waals surface area contributed by atoms with Crippen molar-refractivity contribution in [1.29, 1.82) is 0 Å². The van der Waals surface area contributed by atoms with Crippen molar-refractivity contribution in [3.63, 3.8) is 0 Å². The van der Waals surface area contributed by atoms with Gasteiger partial charge in [0, 0.05) is 35.3 Å². The molecule has 2 aromatic carbocycles. The second kappa shape index (κ2) is 12.1. The van der Waals surface area contributed by atoms with Crippen LogP contribution >= 0.6 is 46.6 Å². The van der Waals surface area contributed by atoms with E-state index in [-0.39, 0.29) is 24.7 Å². The van der Waals surface area contributed by atoms with Crippen LogP contribution in [0, 0.1) is 5.92 Å². The molecule has 0 spiro atoms. The van der Waals surface area contributed by atoms with Gasteiger partial charge in [0.2, 0.25) is 0 Å². The Bertz CT molecular complexity index is 1150. The maximum Gasteiger partial charge on any atom is 0.276 e. The minimum Gasteiger partial charge on any atom is -0.392 e. The van der Waals surface area contributed by atoms with E-state index in [1.165, 1.54) is 11.8 Å². The number of benzene rings is 2. The van der Waals surface area contributed by atoms with Gasteiger partial charge in [-0.05, 0) is 29.3 Å². The summed E-state index contributed by atoms with van der Waals surface area (Å²) in [5, 5.41) is 12.6. The molecule has 11 heteroatoms. The number of hydrogen-bond donors (Lipinski definition) is 2. The molecule has 7 nitrogen and oxygen atoms in total. The number of alkyl halides is 3. The molecule has 4 rings (SSSR count). The highest BCUT2D eigenvalue weighted by Gasteiger charge is 2.38. The number of carbonyl (C=O) groups excluding carboxylic acids is 1. The first kappa shape index (κ1) is 27.1. The number of ether oxygens (including phenoxy) is 2. The van der Waals surface area contributed by atoms with Gasteiger partial charge in [-0.1, -0.05) is 89.9 Å². The van der Waals surface area contributed by atoms with Crippen molar-refractivity contribution in [1.82, 2.24) is 9.97 Å². The average Bonchev–Trinajstić information content (AvgIpc) is 2.89. The predicted octanol–water partition coefficient (Wildman–Crippen LogP) is 5.86. The fraction of sp³-hybridized carbons (Fsp3) is 0.320. The lowest BCUT2D eigenvalue weighted by atomic mass is 9.91. The number of nitrogens with one attached hydrogen (secondary N) is 1. The zero-order valence-corrected chi connectivity index (χ0v) is 22.3. The molecule has 3 aromatic rings. The number of rotatable bonds is 7. The van der Waals surface area contributed by atoms with E-state index in [2.05, 4.69) is 22.2 Å². The lowest BCUT2D eigenvalue weighted by molar-refractivity contribution is -0.268. The Kier molecular flexibility index (Phi) is 9.11. The van der Waals surface area contributed by atoms with E-state index < -0.39 is 16.0 Å². The van der Waals surface area contributed by atoms with Crippen LogP contribution in [-0.2, 0) is 20.9 Å². The van der Waals surface area contributed by atoms with Crippen molar-refractivity contribution in [3.8, 4) is 0 Å². The summed E-state index contributed by atoms with van der Waals surface area (Å²) in [6.07, 6.45) is 2.36. The van der Waals surface area contributed by atoms with E-state index >= 15 is 0 Å². The molecule has 1 amide bonds. The van der Waals surface area contributed by atoms with E-state index in [0.717, 1.165) is 16.7 Å². The van der Waals surface area contributed by atoms with Crippen LogP contribution in [0.25, 0.3) is 0 Å². The molecule has 1 aromatic heterocycles. The summed E-state index contributed by atoms with van der Waals surface area (Å²) in [5.41, 5.74) is 3.07. The van der Waals surface area contributed by atoms with E-state index in [4.69, 9.17) is 44.3 Å². The van der Waals surface area contributed by atoms with Gasteiger partial charge in [0.05, 0.1) is 18.8 Å². The van der Waals surface area contributed by atoms with Crippen molar-refractivity contribution < 1.29 is 19.4 Å². The molecule has 0 unspecified atom stereocenters. The molecule has 0 bridgehead atoms. The highest BCUT2D eigenvalue weighted by molar-refractivity contribution is 7.99. The Balaban J connectivity index is 1.55. The Labute approximate surface area is 228 Å². The van der Waals surface area contributed by atoms with E-state index in [0.29, 0.717) is 16.6 Å². The number of amides is 1. The molecule has 2 heterocycles. The Hall–Kier alpha value is -1.91. The third kappa shape index (κ3) is 6.89. The van der Waals surface area contributed by atoms with E-state index in [9.17, 15) is 9.90 Å². The largest absolute Gasteiger partial charge is 0.392 e. The topological polar surface area (TPSA) is 93.6 Å². The van der Waals surface area contributed by atoms with Crippen LogP contribution in [0.3, 0.4) is 0 Å². The molecule has 36 heavy (non-hydrogen) atoms. The third-order valence-corrected chi connectivity index (χ3v) is 7.22. The summed E-state index contributed by atoms with van der Waals surface area (Å²) in [5.74, 6) is -0.0839. The number of carbonyl (C=O) groups is 1. The molecule has 1 aliphatic rings. The lowest BCUT2D eigenvalue weighted by Gasteiger charge is -2.41. The van der Waals surface area contributed by atoms with Crippen molar-refractivity contribution in [2.24, 2.45) is 5.92 Å². The van der Waals surface area contributed by atoms with Gasteiger partial charge in [0.25, 0.3) is 9.70 Å². The molecule has 0 aliphatic carbocycles. The van der Waals surface area contributed by atoms with Gasteiger partial charge in [-0.2, -0.15) is 0 Å². The number of aliphatic hydroxyl groups excluding tert-OH is 1. The fourth-order valence-electron chi connectivity index (χ4n) is 3.75. The third-order valence-electron chi connectivity index (χ3n) is 5.74. The monoisotopic (exact) mass is 567 g/mol. The molecule has 2 N–H and O–H groups in total. The van der Waals surface area contributed by atoms with Gasteiger partial charge in [-0.25, -0.2) is 9.97 Å². The summed E-state index contributed by atoms with van der Waals surface area (Å²) in [7, 11) is 0. The summed E-state index contributed by atoms with van der Waals surface area (Å²) in [6, 6.07) is 16.5. The number of hydrogen-bond acceptors (Lipinski definition) is 7. The highest BCUT2D eigenvalue weighted by Crippen LogP contribution is 2.43. The molecule has 0 saturated carbocycles. The standard InChI is InChI=1S/C25H24Cl3N3O4S/c1-15-20(14-36-24-29-11-2-12-30-24)34-22(35-21(15)17-5-3-16(13-32)4-6-17)18-7-9-19(10-8-18)31-23(33)25(26,27)28/h2-12,15,20-22,32H,13-14H2,1H3,(H,31,33)/t15-,20+,21+,22+/m0/s1. The van der Waals surface area contributed by atoms with Gasteiger partial charge < -0.3 is 19.9 Å². The second-order valence-corrected chi connectivity index (χ2v) is 11.5. The number of aromatic nitrogens is 2. The van der Waals surface area contributed by atoms with Crippen LogP contribution in [0.4, 0.5) is 5.69 Å². The van der Waals surface area contributed by atoms with Crippen LogP contribution in [0.1, 0.15) is 36.0 Å². The van der Waals surface area contributed by atoms with Crippen LogP contribution in [0.5, 0.6) is 0 Å². The summed E-state index contributed by atoms with van der Waals surface area (Å²) in [4.78, 5) is 20.5. The molecule has 4 atom stereocenters. The van der Waals surface area contributed by atoms with Crippen molar-refractivity contribution in [2.75, 3.05) is 11.1 Å². The van der Waals surface area contributed by atoms with Crippen molar-refractivity contribution in [2.45, 2.75) is 41.0 Å². The minimum absolute atomic E-state index is 0.0232. The fourth-order valence-corrected chi connectivity index (χ4v) is 4.86. The molecule has 1 saturated heterocycles. The number of thioether (sulfide) groups is 1. The minimum atomic E-state index is -2.06. The van der Waals surface area contributed by atoms with Crippen molar-refractivity contribution in [3.05, 3.63) is 83.7 Å². The van der Waals surface area contributed by atoms with Crippen LogP contribution < -0.4 is 5.32 Å². The van der Waals surface area contributed by atoms with Gasteiger partial charge in [0.1, 0.15) is 0 Å². The lowest BCUT2D eigenvalue weighted by Crippen LogP contribution is -2.38. The SMILES string of the molecule is C[C@H]1[C@@H](CSc2ncccn2)O[C@@H](c2ccc(NC(=O)C(Cl)(Cl)Cl)cc2)O[C@H]1c1ccc(CO)cc1. The Morgan fingerprint density at radius 1 is 1.03 bits per heavy atom. The predicted molar refractivity (Wildman–Crippen MR) is 141 cm³/mol. The second-order valence-electron chi connectivity index (χ2n) is 8.24. The molecule has 1 aliphatic heterocycles. The average molecular weight is 569 g/mol. The number of anilines is 1. The zero-order chi connectivity index (χ0) is 25.7.